The fourth-order valence-corrected chi connectivity index (χ4v) is 2.09. The van der Waals surface area contributed by atoms with Crippen LogP contribution in [-0.4, -0.2) is 47.2 Å². The fourth-order valence-electron chi connectivity index (χ4n) is 1.58. The first kappa shape index (κ1) is 13.3. The molecular formula is C10H8N2O6S. The van der Waals surface area contributed by atoms with E-state index in [4.69, 9.17) is 10.2 Å². The zero-order valence-electron chi connectivity index (χ0n) is 9.22. The van der Waals surface area contributed by atoms with Crippen LogP contribution in [0.3, 0.4) is 0 Å². The summed E-state index contributed by atoms with van der Waals surface area (Å²) in [7, 11) is 0. The number of benzene rings is 1. The fraction of sp³-hybridized carbons (Fsp3) is 0.200. The molecule has 9 heteroatoms. The lowest BCUT2D eigenvalue weighted by molar-refractivity contribution is -0.153. The zero-order valence-corrected chi connectivity index (χ0v) is 10.0. The standard InChI is InChI=1S/C10H8N2O6S/c13-7(8(14)10(17)18)3-1-5-6(12-19-11-5)2-4(3)9(15)16/h1-2,7-8,13-14H,(H,15,16)(H,17,18)/t7-,8+/m0/s1. The first-order valence-electron chi connectivity index (χ1n) is 5.00. The van der Waals surface area contributed by atoms with Gasteiger partial charge < -0.3 is 20.4 Å². The topological polar surface area (TPSA) is 141 Å². The Morgan fingerprint density at radius 2 is 1.68 bits per heavy atom. The average molecular weight is 284 g/mol. The average Bonchev–Trinajstić information content (AvgIpc) is 2.82. The van der Waals surface area contributed by atoms with Gasteiger partial charge in [-0.1, -0.05) is 0 Å². The van der Waals surface area contributed by atoms with Crippen molar-refractivity contribution < 1.29 is 30.0 Å². The molecule has 2 atom stereocenters. The molecule has 0 saturated heterocycles. The van der Waals surface area contributed by atoms with Crippen LogP contribution >= 0.6 is 11.7 Å². The molecule has 0 fully saturated rings. The second-order valence-electron chi connectivity index (χ2n) is 3.73. The molecule has 0 amide bonds. The number of fused-ring (bicyclic) bond motifs is 1. The number of carboxylic acid groups (broad SMARTS) is 2. The summed E-state index contributed by atoms with van der Waals surface area (Å²) in [5.74, 6) is -3.01. The summed E-state index contributed by atoms with van der Waals surface area (Å²) in [6.07, 6.45) is -3.99. The lowest BCUT2D eigenvalue weighted by Gasteiger charge is -2.16. The van der Waals surface area contributed by atoms with Crippen molar-refractivity contribution in [1.82, 2.24) is 8.75 Å². The number of hydrogen-bond acceptors (Lipinski definition) is 7. The highest BCUT2D eigenvalue weighted by molar-refractivity contribution is 7.00. The molecule has 8 nitrogen and oxygen atoms in total. The normalized spacial score (nSPS) is 14.2. The second kappa shape index (κ2) is 4.88. The van der Waals surface area contributed by atoms with E-state index in [1.54, 1.807) is 0 Å². The van der Waals surface area contributed by atoms with Gasteiger partial charge in [0.25, 0.3) is 0 Å². The van der Waals surface area contributed by atoms with Crippen LogP contribution in [0.25, 0.3) is 11.0 Å². The van der Waals surface area contributed by atoms with Crippen molar-refractivity contribution >= 4 is 34.7 Å². The van der Waals surface area contributed by atoms with E-state index in [0.717, 1.165) is 11.7 Å². The van der Waals surface area contributed by atoms with Gasteiger partial charge in [0.05, 0.1) is 17.3 Å². The van der Waals surface area contributed by atoms with Crippen molar-refractivity contribution in [2.75, 3.05) is 0 Å². The SMILES string of the molecule is O=C(O)c1cc2nsnc2cc1[C@H](O)[C@@H](O)C(=O)O. The Hall–Kier alpha value is -2.10. The molecule has 0 aliphatic heterocycles. The number of nitrogens with zero attached hydrogens (tertiary/aromatic N) is 2. The minimum Gasteiger partial charge on any atom is -0.479 e. The van der Waals surface area contributed by atoms with Crippen molar-refractivity contribution in [3.63, 3.8) is 0 Å². The number of carbonyl (C=O) groups is 2. The van der Waals surface area contributed by atoms with Crippen LogP contribution in [0.1, 0.15) is 22.0 Å². The number of aromatic carboxylic acids is 1. The monoisotopic (exact) mass is 284 g/mol. The first-order chi connectivity index (χ1) is 8.91. The van der Waals surface area contributed by atoms with Crippen LogP contribution in [0.5, 0.6) is 0 Å². The summed E-state index contributed by atoms with van der Waals surface area (Å²) < 4.78 is 7.71. The number of aliphatic hydroxyl groups excluding tert-OH is 2. The molecule has 19 heavy (non-hydrogen) atoms. The Morgan fingerprint density at radius 1 is 1.11 bits per heavy atom. The van der Waals surface area contributed by atoms with E-state index in [2.05, 4.69) is 8.75 Å². The molecule has 1 heterocycles. The van der Waals surface area contributed by atoms with Crippen LogP contribution in [0.2, 0.25) is 0 Å². The van der Waals surface area contributed by atoms with Gasteiger partial charge in [0.2, 0.25) is 0 Å². The number of rotatable bonds is 4. The van der Waals surface area contributed by atoms with Crippen molar-refractivity contribution in [2.24, 2.45) is 0 Å². The molecule has 0 unspecified atom stereocenters. The molecule has 1 aromatic carbocycles. The number of aliphatic carboxylic acids is 1. The Kier molecular flexibility index (Phi) is 3.42. The Morgan fingerprint density at radius 3 is 2.21 bits per heavy atom. The van der Waals surface area contributed by atoms with E-state index in [1.807, 2.05) is 0 Å². The summed E-state index contributed by atoms with van der Waals surface area (Å²) in [5.41, 5.74) is 0.0976. The zero-order chi connectivity index (χ0) is 14.2. The molecule has 0 bridgehead atoms. The van der Waals surface area contributed by atoms with Gasteiger partial charge in [-0.15, -0.1) is 0 Å². The Bertz CT molecular complexity index is 655. The second-order valence-corrected chi connectivity index (χ2v) is 4.25. The van der Waals surface area contributed by atoms with Gasteiger partial charge in [-0.25, -0.2) is 9.59 Å². The van der Waals surface area contributed by atoms with E-state index >= 15 is 0 Å². The smallest absolute Gasteiger partial charge is 0.336 e. The number of aliphatic hydroxyl groups is 2. The number of aromatic nitrogens is 2. The van der Waals surface area contributed by atoms with E-state index in [-0.39, 0.29) is 11.1 Å². The van der Waals surface area contributed by atoms with Crippen LogP contribution in [0.4, 0.5) is 0 Å². The molecule has 0 aliphatic rings. The third-order valence-electron chi connectivity index (χ3n) is 2.53. The van der Waals surface area contributed by atoms with E-state index in [9.17, 15) is 19.8 Å². The molecule has 2 aromatic rings. The van der Waals surface area contributed by atoms with Crippen molar-refractivity contribution in [3.8, 4) is 0 Å². The van der Waals surface area contributed by atoms with Gasteiger partial charge in [0.1, 0.15) is 17.1 Å². The van der Waals surface area contributed by atoms with Crippen LogP contribution in [-0.2, 0) is 4.79 Å². The maximum Gasteiger partial charge on any atom is 0.336 e. The molecule has 100 valence electrons. The van der Waals surface area contributed by atoms with Crippen molar-refractivity contribution in [3.05, 3.63) is 23.3 Å². The third-order valence-corrected chi connectivity index (χ3v) is 3.08. The van der Waals surface area contributed by atoms with E-state index in [0.29, 0.717) is 11.0 Å². The van der Waals surface area contributed by atoms with Crippen molar-refractivity contribution in [1.29, 1.82) is 0 Å². The molecule has 0 saturated carbocycles. The van der Waals surface area contributed by atoms with Gasteiger partial charge in [-0.05, 0) is 12.1 Å². The minimum absolute atomic E-state index is 0.220. The Labute approximate surface area is 109 Å². The molecule has 0 aliphatic carbocycles. The summed E-state index contributed by atoms with van der Waals surface area (Å²) >= 11 is 0.855. The highest BCUT2D eigenvalue weighted by Crippen LogP contribution is 2.26. The summed E-state index contributed by atoms with van der Waals surface area (Å²) in [6, 6.07) is 2.38. The summed E-state index contributed by atoms with van der Waals surface area (Å²) in [4.78, 5) is 21.7. The lowest BCUT2D eigenvalue weighted by atomic mass is 9.97. The largest absolute Gasteiger partial charge is 0.479 e. The maximum absolute atomic E-state index is 11.1. The first-order valence-corrected chi connectivity index (χ1v) is 5.73. The molecule has 0 radical (unpaired) electrons. The predicted octanol–water partition coefficient (Wildman–Crippen LogP) is -0.132. The highest BCUT2D eigenvalue weighted by atomic mass is 32.1. The molecule has 0 spiro atoms. The van der Waals surface area contributed by atoms with Crippen LogP contribution < -0.4 is 0 Å². The quantitative estimate of drug-likeness (QED) is 0.608. The van der Waals surface area contributed by atoms with Gasteiger partial charge in [0.15, 0.2) is 6.10 Å². The van der Waals surface area contributed by atoms with Gasteiger partial charge in [-0.3, -0.25) is 0 Å². The van der Waals surface area contributed by atoms with E-state index < -0.39 is 24.1 Å². The van der Waals surface area contributed by atoms with E-state index in [1.165, 1.54) is 12.1 Å². The summed E-state index contributed by atoms with van der Waals surface area (Å²) in [5, 5.41) is 36.7. The highest BCUT2D eigenvalue weighted by Gasteiger charge is 2.29. The van der Waals surface area contributed by atoms with Crippen molar-refractivity contribution in [2.45, 2.75) is 12.2 Å². The van der Waals surface area contributed by atoms with Gasteiger partial charge >= 0.3 is 11.9 Å². The van der Waals surface area contributed by atoms with Gasteiger partial charge in [0, 0.05) is 5.56 Å². The van der Waals surface area contributed by atoms with Gasteiger partial charge in [-0.2, -0.15) is 8.75 Å². The molecule has 1 aromatic heterocycles. The predicted molar refractivity (Wildman–Crippen MR) is 63.0 cm³/mol. The summed E-state index contributed by atoms with van der Waals surface area (Å²) in [6.45, 7) is 0. The lowest BCUT2D eigenvalue weighted by Crippen LogP contribution is -2.28. The molecular weight excluding hydrogens is 276 g/mol. The third kappa shape index (κ3) is 2.38. The maximum atomic E-state index is 11.1. The number of hydrogen-bond donors (Lipinski definition) is 4. The number of carboxylic acids is 2. The van der Waals surface area contributed by atoms with Crippen LogP contribution in [0, 0.1) is 0 Å². The Balaban J connectivity index is 2.59. The van der Waals surface area contributed by atoms with Crippen LogP contribution in [0.15, 0.2) is 12.1 Å². The minimum atomic E-state index is -2.12. The molecule has 2 rings (SSSR count). The molecule has 4 N–H and O–H groups in total.